The minimum Gasteiger partial charge on any atom is -0.330 e. The van der Waals surface area contributed by atoms with Gasteiger partial charge in [0, 0.05) is 6.42 Å². The van der Waals surface area contributed by atoms with Gasteiger partial charge in [0.25, 0.3) is 0 Å². The van der Waals surface area contributed by atoms with Gasteiger partial charge in [-0.1, -0.05) is 25.3 Å². The number of nitrogens with two attached hydrogens (primary N) is 1. The summed E-state index contributed by atoms with van der Waals surface area (Å²) in [5, 5.41) is 2.67. The van der Waals surface area contributed by atoms with Crippen molar-refractivity contribution in [2.75, 3.05) is 11.9 Å². The van der Waals surface area contributed by atoms with Crippen LogP contribution < -0.4 is 11.1 Å². The van der Waals surface area contributed by atoms with Crippen molar-refractivity contribution < 1.29 is 9.18 Å². The second-order valence-electron chi connectivity index (χ2n) is 5.97. The van der Waals surface area contributed by atoms with E-state index in [2.05, 4.69) is 5.32 Å². The summed E-state index contributed by atoms with van der Waals surface area (Å²) in [4.78, 5) is 12.1. The molecule has 1 amide bonds. The molecular weight excluding hydrogens is 291 g/mol. The fourth-order valence-corrected chi connectivity index (χ4v) is 3.01. The van der Waals surface area contributed by atoms with Crippen LogP contribution >= 0.6 is 12.4 Å². The van der Waals surface area contributed by atoms with Gasteiger partial charge in [0.15, 0.2) is 0 Å². The summed E-state index contributed by atoms with van der Waals surface area (Å²) in [5.41, 5.74) is 6.87. The SMILES string of the molecule is Cc1ccc(NC(=O)CC2(CN)CCCCC2)c(F)c1.Cl. The van der Waals surface area contributed by atoms with Gasteiger partial charge in [-0.3, -0.25) is 4.79 Å². The molecule has 0 spiro atoms. The lowest BCUT2D eigenvalue weighted by Crippen LogP contribution is -2.36. The first-order valence-corrected chi connectivity index (χ1v) is 7.31. The molecule has 0 radical (unpaired) electrons. The molecule has 3 nitrogen and oxygen atoms in total. The second-order valence-corrected chi connectivity index (χ2v) is 5.97. The van der Waals surface area contributed by atoms with Gasteiger partial charge in [0.2, 0.25) is 5.91 Å². The van der Waals surface area contributed by atoms with Crippen LogP contribution in [0, 0.1) is 18.2 Å². The van der Waals surface area contributed by atoms with Crippen molar-refractivity contribution in [3.63, 3.8) is 0 Å². The van der Waals surface area contributed by atoms with E-state index >= 15 is 0 Å². The molecule has 1 aliphatic carbocycles. The third-order valence-electron chi connectivity index (χ3n) is 4.28. The maximum Gasteiger partial charge on any atom is 0.225 e. The summed E-state index contributed by atoms with van der Waals surface area (Å²) in [5.74, 6) is -0.524. The number of anilines is 1. The van der Waals surface area contributed by atoms with E-state index in [0.29, 0.717) is 13.0 Å². The van der Waals surface area contributed by atoms with E-state index in [9.17, 15) is 9.18 Å². The summed E-state index contributed by atoms with van der Waals surface area (Å²) in [6.45, 7) is 2.34. The maximum absolute atomic E-state index is 13.7. The van der Waals surface area contributed by atoms with Crippen molar-refractivity contribution in [2.24, 2.45) is 11.1 Å². The smallest absolute Gasteiger partial charge is 0.225 e. The summed E-state index contributed by atoms with van der Waals surface area (Å²) in [6.07, 6.45) is 5.85. The van der Waals surface area contributed by atoms with Crippen LogP contribution in [0.25, 0.3) is 0 Å². The normalized spacial score (nSPS) is 16.9. The summed E-state index contributed by atoms with van der Waals surface area (Å²) in [6, 6.07) is 4.82. The Bertz CT molecular complexity index is 487. The first-order valence-electron chi connectivity index (χ1n) is 7.31. The average Bonchev–Trinajstić information content (AvgIpc) is 2.43. The zero-order valence-corrected chi connectivity index (χ0v) is 13.3. The minimum atomic E-state index is -0.385. The van der Waals surface area contributed by atoms with Crippen LogP contribution in [-0.4, -0.2) is 12.5 Å². The summed E-state index contributed by atoms with van der Waals surface area (Å²) < 4.78 is 13.7. The van der Waals surface area contributed by atoms with E-state index < -0.39 is 0 Å². The van der Waals surface area contributed by atoms with Crippen molar-refractivity contribution in [3.8, 4) is 0 Å². The van der Waals surface area contributed by atoms with E-state index in [4.69, 9.17) is 5.73 Å². The van der Waals surface area contributed by atoms with Crippen LogP contribution in [0.4, 0.5) is 10.1 Å². The van der Waals surface area contributed by atoms with Gasteiger partial charge in [-0.25, -0.2) is 4.39 Å². The number of hydrogen-bond acceptors (Lipinski definition) is 2. The highest BCUT2D eigenvalue weighted by Crippen LogP contribution is 2.38. The number of aryl methyl sites for hydroxylation is 1. The topological polar surface area (TPSA) is 55.1 Å². The Hall–Kier alpha value is -1.13. The van der Waals surface area contributed by atoms with Crippen LogP contribution in [-0.2, 0) is 4.79 Å². The van der Waals surface area contributed by atoms with E-state index in [-0.39, 0.29) is 35.2 Å². The fraction of sp³-hybridized carbons (Fsp3) is 0.562. The second kappa shape index (κ2) is 7.76. The van der Waals surface area contributed by atoms with Gasteiger partial charge >= 0.3 is 0 Å². The van der Waals surface area contributed by atoms with E-state index in [0.717, 1.165) is 31.2 Å². The highest BCUT2D eigenvalue weighted by Gasteiger charge is 2.33. The van der Waals surface area contributed by atoms with Gasteiger partial charge in [0.05, 0.1) is 5.69 Å². The summed E-state index contributed by atoms with van der Waals surface area (Å²) in [7, 11) is 0. The molecule has 1 aromatic carbocycles. The van der Waals surface area contributed by atoms with Gasteiger partial charge in [-0.05, 0) is 49.4 Å². The largest absolute Gasteiger partial charge is 0.330 e. The molecule has 5 heteroatoms. The molecule has 21 heavy (non-hydrogen) atoms. The van der Waals surface area contributed by atoms with Gasteiger partial charge in [0.1, 0.15) is 5.82 Å². The number of hydrogen-bond donors (Lipinski definition) is 2. The van der Waals surface area contributed by atoms with Crippen molar-refractivity contribution in [3.05, 3.63) is 29.6 Å². The number of carbonyl (C=O) groups excluding carboxylic acids is 1. The molecule has 2 rings (SSSR count). The molecule has 1 aromatic rings. The Labute approximate surface area is 131 Å². The number of amides is 1. The zero-order valence-electron chi connectivity index (χ0n) is 12.5. The molecule has 0 bridgehead atoms. The molecule has 0 saturated heterocycles. The van der Waals surface area contributed by atoms with Crippen molar-refractivity contribution in [2.45, 2.75) is 45.4 Å². The number of halogens is 2. The quantitative estimate of drug-likeness (QED) is 0.888. The number of benzene rings is 1. The Morgan fingerprint density at radius 3 is 2.57 bits per heavy atom. The third kappa shape index (κ3) is 4.68. The fourth-order valence-electron chi connectivity index (χ4n) is 3.01. The van der Waals surface area contributed by atoms with Gasteiger partial charge in [-0.2, -0.15) is 0 Å². The molecule has 0 atom stereocenters. The standard InChI is InChI=1S/C16H23FN2O.ClH/c1-12-5-6-14(13(17)9-12)19-15(20)10-16(11-18)7-3-2-4-8-16;/h5-6,9H,2-4,7-8,10-11,18H2,1H3,(H,19,20);1H. The molecule has 118 valence electrons. The molecule has 0 aliphatic heterocycles. The average molecular weight is 315 g/mol. The highest BCUT2D eigenvalue weighted by atomic mass is 35.5. The zero-order chi connectivity index (χ0) is 14.6. The lowest BCUT2D eigenvalue weighted by atomic mass is 9.71. The Kier molecular flexibility index (Phi) is 6.62. The van der Waals surface area contributed by atoms with E-state index in [1.54, 1.807) is 12.1 Å². The number of carbonyl (C=O) groups is 1. The monoisotopic (exact) mass is 314 g/mol. The van der Waals surface area contributed by atoms with Crippen LogP contribution in [0.2, 0.25) is 0 Å². The van der Waals surface area contributed by atoms with Crippen molar-refractivity contribution in [1.29, 1.82) is 0 Å². The van der Waals surface area contributed by atoms with Crippen LogP contribution in [0.1, 0.15) is 44.1 Å². The Morgan fingerprint density at radius 2 is 2.00 bits per heavy atom. The number of rotatable bonds is 4. The van der Waals surface area contributed by atoms with Gasteiger partial charge < -0.3 is 11.1 Å². The molecule has 1 aliphatic rings. The maximum atomic E-state index is 13.7. The Balaban J connectivity index is 0.00000220. The Morgan fingerprint density at radius 1 is 1.33 bits per heavy atom. The molecular formula is C16H24ClFN2O. The lowest BCUT2D eigenvalue weighted by Gasteiger charge is -2.35. The van der Waals surface area contributed by atoms with Crippen molar-refractivity contribution >= 4 is 24.0 Å². The van der Waals surface area contributed by atoms with E-state index in [1.807, 2.05) is 6.92 Å². The van der Waals surface area contributed by atoms with Gasteiger partial charge in [-0.15, -0.1) is 12.4 Å². The third-order valence-corrected chi connectivity index (χ3v) is 4.28. The minimum absolute atomic E-state index is 0. The molecule has 1 fully saturated rings. The van der Waals surface area contributed by atoms with Crippen LogP contribution in [0.3, 0.4) is 0 Å². The molecule has 3 N–H and O–H groups in total. The van der Waals surface area contributed by atoms with E-state index in [1.165, 1.54) is 12.5 Å². The molecule has 1 saturated carbocycles. The van der Waals surface area contributed by atoms with Crippen LogP contribution in [0.15, 0.2) is 18.2 Å². The number of nitrogens with one attached hydrogen (secondary N) is 1. The predicted molar refractivity (Wildman–Crippen MR) is 86.2 cm³/mol. The highest BCUT2D eigenvalue weighted by molar-refractivity contribution is 5.91. The predicted octanol–water partition coefficient (Wildman–Crippen LogP) is 3.79. The molecule has 0 heterocycles. The van der Waals surface area contributed by atoms with Crippen molar-refractivity contribution in [1.82, 2.24) is 0 Å². The van der Waals surface area contributed by atoms with Crippen LogP contribution in [0.5, 0.6) is 0 Å². The molecule has 0 aromatic heterocycles. The summed E-state index contributed by atoms with van der Waals surface area (Å²) >= 11 is 0. The first-order chi connectivity index (χ1) is 9.54. The first kappa shape index (κ1) is 17.9. The molecule has 0 unspecified atom stereocenters. The lowest BCUT2D eigenvalue weighted by molar-refractivity contribution is -0.118.